The first-order valence-corrected chi connectivity index (χ1v) is 7.05. The molecule has 21 heavy (non-hydrogen) atoms. The highest BCUT2D eigenvalue weighted by Crippen LogP contribution is 2.19. The third-order valence-corrected chi connectivity index (χ3v) is 3.69. The summed E-state index contributed by atoms with van der Waals surface area (Å²) in [5, 5.41) is 17.4. The van der Waals surface area contributed by atoms with E-state index in [1.54, 1.807) is 0 Å². The van der Waals surface area contributed by atoms with E-state index in [4.69, 9.17) is 0 Å². The molecule has 0 spiro atoms. The number of aromatic amines is 1. The number of imidazole rings is 1. The average molecular weight is 284 g/mol. The lowest BCUT2D eigenvalue weighted by atomic mass is 10.3. The predicted octanol–water partition coefficient (Wildman–Crippen LogP) is -0.152. The summed E-state index contributed by atoms with van der Waals surface area (Å²) >= 11 is 0. The summed E-state index contributed by atoms with van der Waals surface area (Å²) in [6.07, 6.45) is 2.64. The number of anilines is 1. The number of pyridine rings is 1. The van der Waals surface area contributed by atoms with Gasteiger partial charge in [0.15, 0.2) is 5.82 Å². The molecule has 1 saturated heterocycles. The maximum absolute atomic E-state index is 4.64. The van der Waals surface area contributed by atoms with E-state index in [-0.39, 0.29) is 0 Å². The molecule has 4 heterocycles. The van der Waals surface area contributed by atoms with Crippen molar-refractivity contribution in [1.29, 1.82) is 0 Å². The van der Waals surface area contributed by atoms with Crippen molar-refractivity contribution in [2.45, 2.75) is 6.42 Å². The molecule has 0 saturated carbocycles. The molecule has 0 aliphatic carbocycles. The molecular formula is C13H16N8. The predicted molar refractivity (Wildman–Crippen MR) is 77.3 cm³/mol. The van der Waals surface area contributed by atoms with Crippen LogP contribution in [0.15, 0.2) is 24.4 Å². The molecule has 1 fully saturated rings. The Morgan fingerprint density at radius 2 is 2.10 bits per heavy atom. The number of piperazine rings is 1. The van der Waals surface area contributed by atoms with Crippen molar-refractivity contribution in [3.05, 3.63) is 35.9 Å². The summed E-state index contributed by atoms with van der Waals surface area (Å²) in [4.78, 5) is 7.02. The highest BCUT2D eigenvalue weighted by molar-refractivity contribution is 5.53. The van der Waals surface area contributed by atoms with Gasteiger partial charge in [0, 0.05) is 32.4 Å². The molecule has 3 aromatic rings. The fourth-order valence-electron chi connectivity index (χ4n) is 2.70. The second-order valence-electron chi connectivity index (χ2n) is 5.09. The molecule has 0 aromatic carbocycles. The Hall–Kier alpha value is -2.48. The first-order chi connectivity index (χ1) is 10.4. The first kappa shape index (κ1) is 12.3. The van der Waals surface area contributed by atoms with Crippen LogP contribution >= 0.6 is 0 Å². The SMILES string of the molecule is c1cc(N2CCNCC2)n2cc(Cc3nn[nH]n3)nc2c1. The summed E-state index contributed by atoms with van der Waals surface area (Å²) in [7, 11) is 0. The topological polar surface area (TPSA) is 87.0 Å². The maximum Gasteiger partial charge on any atom is 0.180 e. The number of hydrogen-bond donors (Lipinski definition) is 2. The van der Waals surface area contributed by atoms with Crippen molar-refractivity contribution in [1.82, 2.24) is 35.3 Å². The van der Waals surface area contributed by atoms with Gasteiger partial charge in [-0.3, -0.25) is 4.40 Å². The molecule has 108 valence electrons. The zero-order valence-corrected chi connectivity index (χ0v) is 11.5. The average Bonchev–Trinajstić information content (AvgIpc) is 3.17. The lowest BCUT2D eigenvalue weighted by Gasteiger charge is -2.29. The number of hydrogen-bond acceptors (Lipinski definition) is 6. The molecule has 0 atom stereocenters. The fraction of sp³-hybridized carbons (Fsp3) is 0.385. The Labute approximate surface area is 121 Å². The number of aromatic nitrogens is 6. The molecule has 4 rings (SSSR count). The molecule has 0 bridgehead atoms. The van der Waals surface area contributed by atoms with Crippen LogP contribution in [0.2, 0.25) is 0 Å². The minimum absolute atomic E-state index is 0.583. The monoisotopic (exact) mass is 284 g/mol. The lowest BCUT2D eigenvalue weighted by molar-refractivity contribution is 0.583. The van der Waals surface area contributed by atoms with Gasteiger partial charge in [0.05, 0.1) is 12.1 Å². The van der Waals surface area contributed by atoms with E-state index in [1.165, 1.54) is 5.82 Å². The number of rotatable bonds is 3. The van der Waals surface area contributed by atoms with Gasteiger partial charge in [-0.05, 0) is 12.1 Å². The summed E-state index contributed by atoms with van der Waals surface area (Å²) in [5.74, 6) is 1.84. The molecule has 0 unspecified atom stereocenters. The van der Waals surface area contributed by atoms with Gasteiger partial charge in [0.2, 0.25) is 0 Å². The lowest BCUT2D eigenvalue weighted by Crippen LogP contribution is -2.44. The third kappa shape index (κ3) is 2.33. The van der Waals surface area contributed by atoms with Crippen LogP contribution in [0.25, 0.3) is 5.65 Å². The summed E-state index contributed by atoms with van der Waals surface area (Å²) in [5.41, 5.74) is 1.89. The van der Waals surface area contributed by atoms with E-state index in [0.717, 1.165) is 37.5 Å². The van der Waals surface area contributed by atoms with Gasteiger partial charge < -0.3 is 10.2 Å². The number of nitrogens with zero attached hydrogens (tertiary/aromatic N) is 6. The molecule has 2 N–H and O–H groups in total. The van der Waals surface area contributed by atoms with Crippen LogP contribution in [-0.4, -0.2) is 56.2 Å². The highest BCUT2D eigenvalue weighted by Gasteiger charge is 2.14. The number of H-pyrrole nitrogens is 1. The zero-order valence-electron chi connectivity index (χ0n) is 11.5. The summed E-state index contributed by atoms with van der Waals surface area (Å²) in [6, 6.07) is 6.21. The van der Waals surface area contributed by atoms with Crippen molar-refractivity contribution in [2.24, 2.45) is 0 Å². The van der Waals surface area contributed by atoms with Crippen LogP contribution in [0, 0.1) is 0 Å². The van der Waals surface area contributed by atoms with Crippen LogP contribution in [0.4, 0.5) is 5.82 Å². The van der Waals surface area contributed by atoms with Gasteiger partial charge in [0.1, 0.15) is 11.5 Å². The van der Waals surface area contributed by atoms with Crippen molar-refractivity contribution in [3.63, 3.8) is 0 Å². The summed E-state index contributed by atoms with van der Waals surface area (Å²) in [6.45, 7) is 4.05. The quantitative estimate of drug-likeness (QED) is 0.695. The van der Waals surface area contributed by atoms with Crippen LogP contribution in [0.3, 0.4) is 0 Å². The maximum atomic E-state index is 4.64. The minimum Gasteiger partial charge on any atom is -0.355 e. The molecular weight excluding hydrogens is 268 g/mol. The van der Waals surface area contributed by atoms with E-state index in [9.17, 15) is 0 Å². The van der Waals surface area contributed by atoms with Gasteiger partial charge in [-0.2, -0.15) is 5.21 Å². The minimum atomic E-state index is 0.583. The Morgan fingerprint density at radius 1 is 1.19 bits per heavy atom. The largest absolute Gasteiger partial charge is 0.355 e. The van der Waals surface area contributed by atoms with Crippen molar-refractivity contribution < 1.29 is 0 Å². The fourth-order valence-corrected chi connectivity index (χ4v) is 2.70. The van der Waals surface area contributed by atoms with Gasteiger partial charge in [0.25, 0.3) is 0 Å². The van der Waals surface area contributed by atoms with E-state index >= 15 is 0 Å². The molecule has 0 radical (unpaired) electrons. The van der Waals surface area contributed by atoms with Crippen molar-refractivity contribution in [2.75, 3.05) is 31.1 Å². The molecule has 3 aromatic heterocycles. The summed E-state index contributed by atoms with van der Waals surface area (Å²) < 4.78 is 2.14. The van der Waals surface area contributed by atoms with Gasteiger partial charge in [-0.25, -0.2) is 4.98 Å². The molecule has 8 heteroatoms. The number of fused-ring (bicyclic) bond motifs is 1. The van der Waals surface area contributed by atoms with Gasteiger partial charge in [-0.1, -0.05) is 11.3 Å². The van der Waals surface area contributed by atoms with Gasteiger partial charge >= 0.3 is 0 Å². The van der Waals surface area contributed by atoms with Crippen molar-refractivity contribution in [3.8, 4) is 0 Å². The second-order valence-corrected chi connectivity index (χ2v) is 5.09. The Bertz CT molecular complexity index is 726. The highest BCUT2D eigenvalue weighted by atomic mass is 15.5. The van der Waals surface area contributed by atoms with Gasteiger partial charge in [-0.15, -0.1) is 10.2 Å². The smallest absolute Gasteiger partial charge is 0.180 e. The third-order valence-electron chi connectivity index (χ3n) is 3.69. The second kappa shape index (κ2) is 5.13. The normalized spacial score (nSPS) is 15.7. The molecule has 0 amide bonds. The van der Waals surface area contributed by atoms with E-state index in [2.05, 4.69) is 58.6 Å². The number of tetrazole rings is 1. The van der Waals surface area contributed by atoms with E-state index in [1.807, 2.05) is 6.07 Å². The van der Waals surface area contributed by atoms with Crippen LogP contribution in [0.5, 0.6) is 0 Å². The Kier molecular flexibility index (Phi) is 3.00. The zero-order chi connectivity index (χ0) is 14.1. The molecule has 1 aliphatic rings. The van der Waals surface area contributed by atoms with Crippen LogP contribution in [0.1, 0.15) is 11.5 Å². The van der Waals surface area contributed by atoms with Crippen molar-refractivity contribution >= 4 is 11.5 Å². The first-order valence-electron chi connectivity index (χ1n) is 7.05. The number of nitrogens with one attached hydrogen (secondary N) is 2. The Morgan fingerprint density at radius 3 is 2.90 bits per heavy atom. The molecule has 8 nitrogen and oxygen atoms in total. The van der Waals surface area contributed by atoms with E-state index in [0.29, 0.717) is 12.2 Å². The Balaban J connectivity index is 1.69. The standard InChI is InChI=1S/C13H16N8/c1-2-12-15-10(8-11-16-18-19-17-11)9-21(12)13(3-1)20-6-4-14-5-7-20/h1-3,9,14H,4-8H2,(H,16,17,18,19). The molecule has 1 aliphatic heterocycles. The van der Waals surface area contributed by atoms with E-state index < -0.39 is 0 Å². The van der Waals surface area contributed by atoms with Crippen LogP contribution < -0.4 is 10.2 Å². The van der Waals surface area contributed by atoms with Crippen LogP contribution in [-0.2, 0) is 6.42 Å².